The van der Waals surface area contributed by atoms with Crippen LogP contribution in [0.25, 0.3) is 34.0 Å². The zero-order valence-electron chi connectivity index (χ0n) is 23.1. The van der Waals surface area contributed by atoms with E-state index in [1.165, 1.54) is 11.8 Å². The molecule has 0 unspecified atom stereocenters. The first-order valence-corrected chi connectivity index (χ1v) is 14.3. The van der Waals surface area contributed by atoms with Crippen LogP contribution in [0.3, 0.4) is 0 Å². The first kappa shape index (κ1) is 27.6. The van der Waals surface area contributed by atoms with Crippen LogP contribution >= 0.6 is 11.8 Å². The number of carbonyl (C=O) groups excluding carboxylic acids is 1. The molecule has 0 fully saturated rings. The Labute approximate surface area is 252 Å². The van der Waals surface area contributed by atoms with Crippen molar-refractivity contribution in [1.82, 2.24) is 35.0 Å². The number of amides is 1. The van der Waals surface area contributed by atoms with Gasteiger partial charge >= 0.3 is 0 Å². The second-order valence-electron chi connectivity index (χ2n) is 9.24. The molecule has 1 amide bonds. The molecule has 43 heavy (non-hydrogen) atoms. The second-order valence-corrected chi connectivity index (χ2v) is 10.2. The minimum atomic E-state index is -0.282. The van der Waals surface area contributed by atoms with Gasteiger partial charge in [-0.15, -0.1) is 10.2 Å². The maximum Gasteiger partial charge on any atom is 0.250 e. The molecule has 212 valence electrons. The van der Waals surface area contributed by atoms with Crippen LogP contribution in [0.4, 0.5) is 0 Å². The highest BCUT2D eigenvalue weighted by atomic mass is 32.2. The van der Waals surface area contributed by atoms with Crippen molar-refractivity contribution in [3.63, 3.8) is 0 Å². The molecule has 3 aromatic heterocycles. The molecule has 6 aromatic rings. The molecule has 3 aromatic carbocycles. The number of thioether (sulfide) groups is 1. The number of hydrogen-bond acceptors (Lipinski definition) is 8. The first-order chi connectivity index (χ1) is 21.2. The van der Waals surface area contributed by atoms with Crippen molar-refractivity contribution >= 4 is 23.9 Å². The van der Waals surface area contributed by atoms with Crippen LogP contribution in [-0.4, -0.2) is 54.5 Å². The van der Waals surface area contributed by atoms with Gasteiger partial charge in [0.25, 0.3) is 5.91 Å². The van der Waals surface area contributed by atoms with E-state index in [1.54, 1.807) is 30.4 Å². The zero-order chi connectivity index (χ0) is 29.4. The Morgan fingerprint density at radius 3 is 2.28 bits per heavy atom. The van der Waals surface area contributed by atoms with E-state index in [4.69, 9.17) is 9.84 Å². The maximum atomic E-state index is 12.8. The molecule has 0 saturated carbocycles. The van der Waals surface area contributed by atoms with E-state index < -0.39 is 0 Å². The van der Waals surface area contributed by atoms with Gasteiger partial charge in [-0.2, -0.15) is 10.2 Å². The highest BCUT2D eigenvalue weighted by Crippen LogP contribution is 2.28. The molecular formula is C32H26N8O2S. The van der Waals surface area contributed by atoms with Crippen LogP contribution in [-0.2, 0) is 4.79 Å². The first-order valence-electron chi connectivity index (χ1n) is 13.3. The Morgan fingerprint density at radius 2 is 1.58 bits per heavy atom. The number of methoxy groups -OCH3 is 1. The highest BCUT2D eigenvalue weighted by Gasteiger charge is 2.17. The van der Waals surface area contributed by atoms with Gasteiger partial charge in [0.1, 0.15) is 11.4 Å². The van der Waals surface area contributed by atoms with Crippen LogP contribution in [0.5, 0.6) is 5.75 Å². The predicted octanol–water partition coefficient (Wildman–Crippen LogP) is 5.43. The lowest BCUT2D eigenvalue weighted by molar-refractivity contribution is -0.118. The summed E-state index contributed by atoms with van der Waals surface area (Å²) in [6.07, 6.45) is 6.90. The van der Waals surface area contributed by atoms with Crippen molar-refractivity contribution in [3.05, 3.63) is 121 Å². The van der Waals surface area contributed by atoms with E-state index in [2.05, 4.69) is 25.7 Å². The van der Waals surface area contributed by atoms with Crippen molar-refractivity contribution in [3.8, 4) is 39.8 Å². The summed E-state index contributed by atoms with van der Waals surface area (Å²) in [4.78, 5) is 16.9. The maximum absolute atomic E-state index is 12.8. The summed E-state index contributed by atoms with van der Waals surface area (Å²) in [5.41, 5.74) is 7.66. The Balaban J connectivity index is 1.19. The number of nitrogens with zero attached hydrogens (tertiary/aromatic N) is 7. The average Bonchev–Trinajstić information content (AvgIpc) is 3.70. The predicted molar refractivity (Wildman–Crippen MR) is 167 cm³/mol. The van der Waals surface area contributed by atoms with Crippen LogP contribution in [0.15, 0.2) is 126 Å². The number of para-hydroxylation sites is 2. The van der Waals surface area contributed by atoms with Gasteiger partial charge in [-0.25, -0.2) is 10.1 Å². The zero-order valence-corrected chi connectivity index (χ0v) is 23.9. The van der Waals surface area contributed by atoms with Gasteiger partial charge < -0.3 is 4.74 Å². The van der Waals surface area contributed by atoms with Gasteiger partial charge in [-0.05, 0) is 60.7 Å². The summed E-state index contributed by atoms with van der Waals surface area (Å²) in [7, 11) is 1.63. The molecule has 0 spiro atoms. The van der Waals surface area contributed by atoms with Crippen molar-refractivity contribution in [1.29, 1.82) is 0 Å². The van der Waals surface area contributed by atoms with E-state index >= 15 is 0 Å². The van der Waals surface area contributed by atoms with Gasteiger partial charge in [0.2, 0.25) is 0 Å². The Bertz CT molecular complexity index is 1840. The van der Waals surface area contributed by atoms with Crippen molar-refractivity contribution in [2.24, 2.45) is 5.10 Å². The van der Waals surface area contributed by atoms with Crippen molar-refractivity contribution in [2.45, 2.75) is 5.16 Å². The lowest BCUT2D eigenvalue weighted by atomic mass is 10.1. The number of pyridine rings is 1. The molecule has 6 rings (SSSR count). The Kier molecular flexibility index (Phi) is 8.32. The topological polar surface area (TPSA) is 112 Å². The van der Waals surface area contributed by atoms with Gasteiger partial charge in [0.05, 0.1) is 24.8 Å². The molecule has 3 heterocycles. The monoisotopic (exact) mass is 586 g/mol. The number of carbonyl (C=O) groups is 1. The van der Waals surface area contributed by atoms with Gasteiger partial charge in [0.15, 0.2) is 11.0 Å². The van der Waals surface area contributed by atoms with Crippen LogP contribution < -0.4 is 10.2 Å². The smallest absolute Gasteiger partial charge is 0.250 e. The normalized spacial score (nSPS) is 11.1. The van der Waals surface area contributed by atoms with E-state index in [0.29, 0.717) is 11.0 Å². The molecule has 10 nitrogen and oxygen atoms in total. The van der Waals surface area contributed by atoms with E-state index in [0.717, 1.165) is 39.5 Å². The number of aromatic nitrogens is 6. The molecule has 0 aliphatic carbocycles. The lowest BCUT2D eigenvalue weighted by Gasteiger charge is -2.10. The largest absolute Gasteiger partial charge is 0.497 e. The number of hydrogen-bond donors (Lipinski definition) is 1. The summed E-state index contributed by atoms with van der Waals surface area (Å²) < 4.78 is 9.01. The SMILES string of the molecule is COc1ccc(-c2nn(-c3ccccc3)cc2/C=N/NC(=O)CSc2nnc(-c3ccncc3)n2-c2ccccc2)cc1. The van der Waals surface area contributed by atoms with Gasteiger partial charge in [-0.3, -0.25) is 14.3 Å². The minimum absolute atomic E-state index is 0.0905. The third kappa shape index (κ3) is 6.36. The van der Waals surface area contributed by atoms with Crippen molar-refractivity contribution in [2.75, 3.05) is 12.9 Å². The van der Waals surface area contributed by atoms with Gasteiger partial charge in [-0.1, -0.05) is 48.2 Å². The highest BCUT2D eigenvalue weighted by molar-refractivity contribution is 7.99. The van der Waals surface area contributed by atoms with Crippen LogP contribution in [0.2, 0.25) is 0 Å². The molecule has 0 aliphatic rings. The van der Waals surface area contributed by atoms with E-state index in [-0.39, 0.29) is 11.7 Å². The quantitative estimate of drug-likeness (QED) is 0.129. The molecule has 0 bridgehead atoms. The summed E-state index contributed by atoms with van der Waals surface area (Å²) in [5, 5.41) is 18.4. The standard InChI is InChI=1S/C32H26N8O2S/c1-42-28-14-12-23(13-15-28)30-25(21-39(38-30)26-8-4-2-5-9-26)20-34-35-29(41)22-43-32-37-36-31(24-16-18-33-19-17-24)40(32)27-10-6-3-7-11-27/h2-21H,22H2,1H3,(H,35,41)/b34-20+. The average molecular weight is 587 g/mol. The fourth-order valence-corrected chi connectivity index (χ4v) is 5.11. The number of hydrazone groups is 1. The summed E-state index contributed by atoms with van der Waals surface area (Å²) in [6.45, 7) is 0. The number of nitrogens with one attached hydrogen (secondary N) is 1. The van der Waals surface area contributed by atoms with Crippen LogP contribution in [0.1, 0.15) is 5.56 Å². The van der Waals surface area contributed by atoms with Crippen molar-refractivity contribution < 1.29 is 9.53 Å². The molecule has 0 atom stereocenters. The minimum Gasteiger partial charge on any atom is -0.497 e. The third-order valence-electron chi connectivity index (χ3n) is 6.44. The molecule has 0 aliphatic heterocycles. The Hall–Kier alpha value is -5.55. The van der Waals surface area contributed by atoms with Crippen LogP contribution in [0, 0.1) is 0 Å². The lowest BCUT2D eigenvalue weighted by Crippen LogP contribution is -2.20. The third-order valence-corrected chi connectivity index (χ3v) is 7.37. The molecule has 0 radical (unpaired) electrons. The summed E-state index contributed by atoms with van der Waals surface area (Å²) in [5.74, 6) is 1.22. The summed E-state index contributed by atoms with van der Waals surface area (Å²) >= 11 is 1.28. The second kappa shape index (κ2) is 13.0. The fourth-order valence-electron chi connectivity index (χ4n) is 4.37. The number of benzene rings is 3. The van der Waals surface area contributed by atoms with Gasteiger partial charge in [0, 0.05) is 41.0 Å². The molecular weight excluding hydrogens is 560 g/mol. The molecule has 11 heteroatoms. The number of rotatable bonds is 10. The molecule has 1 N–H and O–H groups in total. The van der Waals surface area contributed by atoms with E-state index in [1.807, 2.05) is 108 Å². The fraction of sp³-hybridized carbons (Fsp3) is 0.0625. The Morgan fingerprint density at radius 1 is 0.884 bits per heavy atom. The molecule has 0 saturated heterocycles. The van der Waals surface area contributed by atoms with E-state index in [9.17, 15) is 4.79 Å². The number of ether oxygens (including phenoxy) is 1. The summed E-state index contributed by atoms with van der Waals surface area (Å²) in [6, 6.07) is 31.0.